The Morgan fingerprint density at radius 3 is 2.79 bits per heavy atom. The van der Waals surface area contributed by atoms with Gasteiger partial charge in [0, 0.05) is 23.0 Å². The highest BCUT2D eigenvalue weighted by Gasteiger charge is 2.29. The molecule has 0 aliphatic carbocycles. The average Bonchev–Trinajstić information content (AvgIpc) is 3.38. The van der Waals surface area contributed by atoms with Gasteiger partial charge in [-0.15, -0.1) is 0 Å². The van der Waals surface area contributed by atoms with Gasteiger partial charge in [-0.25, -0.2) is 18.6 Å². The number of nitrogens with one attached hydrogen (secondary N) is 1. The maximum atomic E-state index is 14.0. The molecule has 174 valence electrons. The van der Waals surface area contributed by atoms with E-state index in [0.29, 0.717) is 34.2 Å². The number of hydrogen-bond donors (Lipinski definition) is 2. The highest BCUT2D eigenvalue weighted by Crippen LogP contribution is 2.35. The lowest BCUT2D eigenvalue weighted by Gasteiger charge is -2.19. The standard InChI is InChI=1S/C23H25FN4O4S/c1-14-8-16(28-33(30)6-2-3-7-33)10-18-22(14)23(26-13-25-18)27-17-5-4-15(24)9-20(17)32-21-12-31-11-19(21)29/h4-5,8-10,13,19,21,29H,2-3,6-7,11-12H2,1H3,(H,25,26,27)/t19-,21+/m0/s1. The first kappa shape index (κ1) is 22.0. The summed E-state index contributed by atoms with van der Waals surface area (Å²) in [7, 11) is -2.19. The summed E-state index contributed by atoms with van der Waals surface area (Å²) in [6, 6.07) is 7.84. The Labute approximate surface area is 191 Å². The maximum Gasteiger partial charge on any atom is 0.150 e. The van der Waals surface area contributed by atoms with Gasteiger partial charge >= 0.3 is 0 Å². The Morgan fingerprint density at radius 1 is 1.21 bits per heavy atom. The van der Waals surface area contributed by atoms with E-state index in [1.807, 2.05) is 19.1 Å². The molecule has 0 bridgehead atoms. The first-order chi connectivity index (χ1) is 15.9. The topological polar surface area (TPSA) is 106 Å². The average molecular weight is 473 g/mol. The number of nitrogens with zero attached hydrogens (tertiary/aromatic N) is 3. The zero-order valence-corrected chi connectivity index (χ0v) is 19.0. The zero-order valence-electron chi connectivity index (χ0n) is 18.2. The SMILES string of the molecule is Cc1cc(N=S2(=O)CCCC2)cc2ncnc(Nc3ccc(F)cc3O[C@@H]3COC[C@@H]3O)c12. The number of rotatable bonds is 5. The Balaban J connectivity index is 1.50. The van der Waals surface area contributed by atoms with Crippen LogP contribution in [0.3, 0.4) is 0 Å². The molecule has 3 aromatic rings. The molecule has 0 amide bonds. The van der Waals surface area contributed by atoms with Gasteiger partial charge in [0.2, 0.25) is 0 Å². The summed E-state index contributed by atoms with van der Waals surface area (Å²) in [5, 5.41) is 14.0. The van der Waals surface area contributed by atoms with E-state index in [2.05, 4.69) is 19.6 Å². The van der Waals surface area contributed by atoms with Crippen LogP contribution in [0.5, 0.6) is 5.75 Å². The van der Waals surface area contributed by atoms with Gasteiger partial charge in [0.1, 0.15) is 29.8 Å². The van der Waals surface area contributed by atoms with E-state index in [9.17, 15) is 13.7 Å². The molecule has 1 aromatic heterocycles. The zero-order chi connectivity index (χ0) is 23.0. The van der Waals surface area contributed by atoms with Crippen molar-refractivity contribution in [1.82, 2.24) is 9.97 Å². The van der Waals surface area contributed by atoms with Crippen molar-refractivity contribution < 1.29 is 23.2 Å². The molecule has 3 heterocycles. The molecule has 2 aliphatic rings. The van der Waals surface area contributed by atoms with Crippen LogP contribution >= 0.6 is 0 Å². The van der Waals surface area contributed by atoms with Crippen LogP contribution in [0.15, 0.2) is 41.0 Å². The number of aryl methyl sites for hydroxylation is 1. The van der Waals surface area contributed by atoms with E-state index >= 15 is 0 Å². The van der Waals surface area contributed by atoms with Gasteiger partial charge in [-0.2, -0.15) is 4.36 Å². The second kappa shape index (κ2) is 8.85. The monoisotopic (exact) mass is 472 g/mol. The first-order valence-electron chi connectivity index (χ1n) is 10.9. The largest absolute Gasteiger partial charge is 0.483 e. The van der Waals surface area contributed by atoms with Crippen molar-refractivity contribution in [2.45, 2.75) is 32.0 Å². The summed E-state index contributed by atoms with van der Waals surface area (Å²) >= 11 is 0. The third kappa shape index (κ3) is 4.64. The predicted molar refractivity (Wildman–Crippen MR) is 124 cm³/mol. The normalized spacial score (nSPS) is 21.9. The second-order valence-corrected chi connectivity index (χ2v) is 10.9. The lowest BCUT2D eigenvalue weighted by atomic mass is 10.1. The molecule has 0 spiro atoms. The molecular formula is C23H25FN4O4S. The summed E-state index contributed by atoms with van der Waals surface area (Å²) in [5.74, 6) is 1.58. The number of aliphatic hydroxyl groups excluding tert-OH is 1. The van der Waals surface area contributed by atoms with Crippen molar-refractivity contribution in [3.8, 4) is 5.75 Å². The van der Waals surface area contributed by atoms with Gasteiger partial charge < -0.3 is 19.9 Å². The third-order valence-corrected chi connectivity index (χ3v) is 8.24. The minimum Gasteiger partial charge on any atom is -0.483 e. The van der Waals surface area contributed by atoms with Gasteiger partial charge in [0.05, 0.1) is 39.8 Å². The van der Waals surface area contributed by atoms with Crippen LogP contribution in [-0.4, -0.2) is 56.2 Å². The molecule has 2 fully saturated rings. The first-order valence-corrected chi connectivity index (χ1v) is 12.7. The number of benzene rings is 2. The lowest BCUT2D eigenvalue weighted by molar-refractivity contribution is 0.0736. The number of fused-ring (bicyclic) bond motifs is 1. The molecule has 5 rings (SSSR count). The van der Waals surface area contributed by atoms with E-state index in [-0.39, 0.29) is 19.0 Å². The third-order valence-electron chi connectivity index (χ3n) is 5.84. The van der Waals surface area contributed by atoms with Crippen molar-refractivity contribution in [2.75, 3.05) is 30.0 Å². The van der Waals surface area contributed by atoms with Gasteiger partial charge in [-0.3, -0.25) is 0 Å². The number of aromatic nitrogens is 2. The predicted octanol–water partition coefficient (Wildman–Crippen LogP) is 3.85. The molecule has 2 aliphatic heterocycles. The van der Waals surface area contributed by atoms with Crippen LogP contribution in [0.4, 0.5) is 21.6 Å². The van der Waals surface area contributed by atoms with Crippen molar-refractivity contribution in [3.05, 3.63) is 48.0 Å². The molecule has 0 saturated carbocycles. The molecule has 10 heteroatoms. The van der Waals surface area contributed by atoms with E-state index in [4.69, 9.17) is 9.47 Å². The van der Waals surface area contributed by atoms with E-state index in [1.165, 1.54) is 18.5 Å². The molecular weight excluding hydrogens is 447 g/mol. The van der Waals surface area contributed by atoms with Crippen LogP contribution in [-0.2, 0) is 14.5 Å². The molecule has 8 nitrogen and oxygen atoms in total. The summed E-state index contributed by atoms with van der Waals surface area (Å²) < 4.78 is 42.4. The number of anilines is 2. The van der Waals surface area contributed by atoms with E-state index in [1.54, 1.807) is 6.07 Å². The van der Waals surface area contributed by atoms with Crippen molar-refractivity contribution in [1.29, 1.82) is 0 Å². The van der Waals surface area contributed by atoms with Gasteiger partial charge in [-0.05, 0) is 49.6 Å². The number of hydrogen-bond acceptors (Lipinski definition) is 8. The van der Waals surface area contributed by atoms with Crippen molar-refractivity contribution >= 4 is 37.8 Å². The Bertz CT molecular complexity index is 1310. The van der Waals surface area contributed by atoms with E-state index < -0.39 is 27.8 Å². The van der Waals surface area contributed by atoms with Gasteiger partial charge in [-0.1, -0.05) is 0 Å². The minimum atomic E-state index is -2.19. The Kier molecular flexibility index (Phi) is 5.90. The van der Waals surface area contributed by atoms with Crippen molar-refractivity contribution in [3.63, 3.8) is 0 Å². The van der Waals surface area contributed by atoms with Gasteiger partial charge in [0.15, 0.2) is 6.10 Å². The van der Waals surface area contributed by atoms with Crippen LogP contribution in [0.2, 0.25) is 0 Å². The number of halogens is 1. The smallest absolute Gasteiger partial charge is 0.150 e. The molecule has 2 aromatic carbocycles. The number of ether oxygens (including phenoxy) is 2. The second-order valence-electron chi connectivity index (χ2n) is 8.38. The fourth-order valence-electron chi connectivity index (χ4n) is 4.18. The van der Waals surface area contributed by atoms with Crippen molar-refractivity contribution in [2.24, 2.45) is 4.36 Å². The highest BCUT2D eigenvalue weighted by atomic mass is 32.2. The fourth-order valence-corrected chi connectivity index (χ4v) is 6.37. The lowest BCUT2D eigenvalue weighted by Crippen LogP contribution is -2.30. The summed E-state index contributed by atoms with van der Waals surface area (Å²) in [6.45, 7) is 2.33. The van der Waals surface area contributed by atoms with Crippen LogP contribution in [0.25, 0.3) is 10.9 Å². The highest BCUT2D eigenvalue weighted by molar-refractivity contribution is 7.93. The molecule has 33 heavy (non-hydrogen) atoms. The number of aliphatic hydroxyl groups is 1. The maximum absolute atomic E-state index is 14.0. The quantitative estimate of drug-likeness (QED) is 0.581. The Morgan fingerprint density at radius 2 is 2.03 bits per heavy atom. The van der Waals surface area contributed by atoms with Crippen LogP contribution < -0.4 is 10.1 Å². The molecule has 2 N–H and O–H groups in total. The molecule has 2 atom stereocenters. The van der Waals surface area contributed by atoms with Crippen LogP contribution in [0, 0.1) is 12.7 Å². The Hall–Kier alpha value is -2.82. The summed E-state index contributed by atoms with van der Waals surface area (Å²) in [5.41, 5.74) is 2.69. The summed E-state index contributed by atoms with van der Waals surface area (Å²) in [4.78, 5) is 8.77. The molecule has 0 radical (unpaired) electrons. The minimum absolute atomic E-state index is 0.179. The van der Waals surface area contributed by atoms with E-state index in [0.717, 1.165) is 23.8 Å². The summed E-state index contributed by atoms with van der Waals surface area (Å²) in [6.07, 6.45) is 1.95. The molecule has 2 saturated heterocycles. The van der Waals surface area contributed by atoms with Crippen LogP contribution in [0.1, 0.15) is 18.4 Å². The van der Waals surface area contributed by atoms with Gasteiger partial charge in [0.25, 0.3) is 0 Å². The molecule has 0 unspecified atom stereocenters. The fraction of sp³-hybridized carbons (Fsp3) is 0.391.